The highest BCUT2D eigenvalue weighted by Gasteiger charge is 2.26. The van der Waals surface area contributed by atoms with Crippen molar-refractivity contribution in [2.75, 3.05) is 0 Å². The van der Waals surface area contributed by atoms with Gasteiger partial charge in [0.25, 0.3) is 0 Å². The normalized spacial score (nSPS) is 12.0. The first-order valence-corrected chi connectivity index (χ1v) is 12.5. The summed E-state index contributed by atoms with van der Waals surface area (Å²) in [6.45, 7) is 2.17. The summed E-state index contributed by atoms with van der Waals surface area (Å²) < 4.78 is 0. The highest BCUT2D eigenvalue weighted by molar-refractivity contribution is 7.45. The zero-order valence-electron chi connectivity index (χ0n) is 7.07. The molecule has 0 saturated heterocycles. The lowest BCUT2D eigenvalue weighted by Crippen LogP contribution is -2.18. The zero-order chi connectivity index (χ0) is 9.56. The molecular weight excluding hydrogens is 270 g/mol. The molecule has 0 unspecified atom stereocenters. The highest BCUT2D eigenvalue weighted by Crippen LogP contribution is 2.30. The summed E-state index contributed by atoms with van der Waals surface area (Å²) in [6.07, 6.45) is 4.62. The average molecular weight is 284 g/mol. The Bertz CT molecular complexity index is 102. The van der Waals surface area contributed by atoms with Gasteiger partial charge in [0, 0.05) is 0 Å². The van der Waals surface area contributed by atoms with E-state index in [1.807, 2.05) is 0 Å². The molecule has 0 aliphatic carbocycles. The lowest BCUT2D eigenvalue weighted by Gasteiger charge is -2.15. The Morgan fingerprint density at radius 1 is 1.00 bits per heavy atom. The first-order chi connectivity index (χ1) is 5.59. The van der Waals surface area contributed by atoms with Crippen LogP contribution in [-0.2, 0) is 0 Å². The molecule has 0 nitrogen and oxygen atoms in total. The minimum Gasteiger partial charge on any atom is -0.150 e. The van der Waals surface area contributed by atoms with Crippen LogP contribution in [0.1, 0.15) is 32.6 Å². The standard InChI is InChI=1S/C6H14Cl4Si2/c1-2-3-4-5-6(11(7)8)12(9)10/h6,11-12H,2-5H2,1H3. The van der Waals surface area contributed by atoms with Crippen LogP contribution in [0, 0.1) is 0 Å². The third-order valence-electron chi connectivity index (χ3n) is 1.79. The number of unbranched alkanes of at least 4 members (excludes halogenated alkanes) is 2. The van der Waals surface area contributed by atoms with Gasteiger partial charge >= 0.3 is 0 Å². The predicted octanol–water partition coefficient (Wildman–Crippen LogP) is 3.87. The molecule has 0 aliphatic rings. The van der Waals surface area contributed by atoms with Gasteiger partial charge < -0.3 is 0 Å². The fourth-order valence-corrected chi connectivity index (χ4v) is 12.3. The largest absolute Gasteiger partial charge is 0.239 e. The van der Waals surface area contributed by atoms with E-state index >= 15 is 0 Å². The number of hydrogen-bond acceptors (Lipinski definition) is 0. The summed E-state index contributed by atoms with van der Waals surface area (Å²) in [5.41, 5.74) is 0. The molecule has 0 bridgehead atoms. The Balaban J connectivity index is 3.64. The molecule has 0 atom stereocenters. The van der Waals surface area contributed by atoms with Gasteiger partial charge in [-0.05, 0) is 5.16 Å². The highest BCUT2D eigenvalue weighted by atomic mass is 35.7. The van der Waals surface area contributed by atoms with Crippen molar-refractivity contribution in [2.45, 2.75) is 37.8 Å². The summed E-state index contributed by atoms with van der Waals surface area (Å²) in [5, 5.41) is 0.281. The van der Waals surface area contributed by atoms with Crippen LogP contribution in [0.15, 0.2) is 0 Å². The zero-order valence-corrected chi connectivity index (χ0v) is 12.4. The van der Waals surface area contributed by atoms with Crippen molar-refractivity contribution in [3.05, 3.63) is 0 Å². The molecular formula is C6H14Cl4Si2. The summed E-state index contributed by atoms with van der Waals surface area (Å²) >= 11 is 23.6. The Hall–Kier alpha value is 1.59. The fourth-order valence-electron chi connectivity index (χ4n) is 0.992. The van der Waals surface area contributed by atoms with Crippen molar-refractivity contribution in [3.63, 3.8) is 0 Å². The molecule has 0 saturated carbocycles. The molecule has 0 spiro atoms. The Morgan fingerprint density at radius 3 is 1.83 bits per heavy atom. The molecule has 0 heterocycles. The van der Waals surface area contributed by atoms with Crippen LogP contribution in [-0.4, -0.2) is 14.8 Å². The van der Waals surface area contributed by atoms with Crippen LogP contribution >= 0.6 is 44.3 Å². The predicted molar refractivity (Wildman–Crippen MR) is 65.6 cm³/mol. The maximum Gasteiger partial charge on any atom is 0.239 e. The molecule has 0 radical (unpaired) electrons. The van der Waals surface area contributed by atoms with Crippen LogP contribution in [0.3, 0.4) is 0 Å². The van der Waals surface area contributed by atoms with Gasteiger partial charge in [-0.2, -0.15) is 44.3 Å². The van der Waals surface area contributed by atoms with E-state index in [4.69, 9.17) is 44.3 Å². The van der Waals surface area contributed by atoms with E-state index in [9.17, 15) is 0 Å². The Labute approximate surface area is 96.6 Å². The van der Waals surface area contributed by atoms with E-state index in [2.05, 4.69) is 6.92 Å². The molecule has 6 heteroatoms. The maximum atomic E-state index is 5.89. The van der Waals surface area contributed by atoms with E-state index in [0.29, 0.717) is 0 Å². The van der Waals surface area contributed by atoms with Crippen LogP contribution in [0.2, 0.25) is 5.16 Å². The van der Waals surface area contributed by atoms with Crippen LogP contribution < -0.4 is 0 Å². The molecule has 0 fully saturated rings. The third-order valence-corrected chi connectivity index (χ3v) is 12.9. The van der Waals surface area contributed by atoms with Gasteiger partial charge in [0.15, 0.2) is 0 Å². The second-order valence-electron chi connectivity index (χ2n) is 2.83. The van der Waals surface area contributed by atoms with Crippen LogP contribution in [0.25, 0.3) is 0 Å². The number of hydrogen-bond donors (Lipinski definition) is 0. The van der Waals surface area contributed by atoms with E-state index in [-0.39, 0.29) is 5.16 Å². The summed E-state index contributed by atoms with van der Waals surface area (Å²) in [5.74, 6) is 0. The molecule has 0 aromatic rings. The van der Waals surface area contributed by atoms with Gasteiger partial charge in [-0.15, -0.1) is 0 Å². The van der Waals surface area contributed by atoms with Crippen LogP contribution in [0.5, 0.6) is 0 Å². The molecule has 0 aliphatic heterocycles. The van der Waals surface area contributed by atoms with Gasteiger partial charge in [-0.1, -0.05) is 32.6 Å². The molecule has 0 rings (SSSR count). The van der Waals surface area contributed by atoms with Gasteiger partial charge in [0.2, 0.25) is 14.8 Å². The van der Waals surface area contributed by atoms with Gasteiger partial charge in [-0.3, -0.25) is 0 Å². The minimum atomic E-state index is -1.64. The SMILES string of the molecule is CCCCCC([SiH](Cl)Cl)[SiH](Cl)Cl. The molecule has 0 aromatic carbocycles. The molecule has 74 valence electrons. The second-order valence-corrected chi connectivity index (χ2v) is 13.6. The monoisotopic (exact) mass is 282 g/mol. The van der Waals surface area contributed by atoms with Crippen molar-refractivity contribution in [1.82, 2.24) is 0 Å². The van der Waals surface area contributed by atoms with Crippen LogP contribution in [0.4, 0.5) is 0 Å². The van der Waals surface area contributed by atoms with Gasteiger partial charge in [-0.25, -0.2) is 0 Å². The van der Waals surface area contributed by atoms with Crippen molar-refractivity contribution in [2.24, 2.45) is 0 Å². The first kappa shape index (κ1) is 13.6. The lowest BCUT2D eigenvalue weighted by molar-refractivity contribution is 0.687. The lowest BCUT2D eigenvalue weighted by atomic mass is 10.2. The van der Waals surface area contributed by atoms with E-state index in [1.54, 1.807) is 0 Å². The Morgan fingerprint density at radius 2 is 1.50 bits per heavy atom. The van der Waals surface area contributed by atoms with Crippen molar-refractivity contribution >= 4 is 59.1 Å². The fraction of sp³-hybridized carbons (Fsp3) is 1.00. The number of rotatable bonds is 6. The summed E-state index contributed by atoms with van der Waals surface area (Å²) in [6, 6.07) is 0. The summed E-state index contributed by atoms with van der Waals surface area (Å²) in [7, 11) is -3.29. The maximum absolute atomic E-state index is 5.89. The van der Waals surface area contributed by atoms with Gasteiger partial charge in [0.1, 0.15) is 0 Å². The summed E-state index contributed by atoms with van der Waals surface area (Å²) in [4.78, 5) is 0. The average Bonchev–Trinajstić information content (AvgIpc) is 1.96. The molecule has 0 amide bonds. The van der Waals surface area contributed by atoms with E-state index in [0.717, 1.165) is 12.8 Å². The van der Waals surface area contributed by atoms with Gasteiger partial charge in [0.05, 0.1) is 0 Å². The minimum absolute atomic E-state index is 0.281. The second kappa shape index (κ2) is 7.95. The topological polar surface area (TPSA) is 0 Å². The third kappa shape index (κ3) is 6.11. The van der Waals surface area contributed by atoms with E-state index in [1.165, 1.54) is 12.8 Å². The number of halogens is 4. The molecule has 0 N–H and O–H groups in total. The molecule has 12 heavy (non-hydrogen) atoms. The van der Waals surface area contributed by atoms with Crippen molar-refractivity contribution in [1.29, 1.82) is 0 Å². The van der Waals surface area contributed by atoms with Crippen molar-refractivity contribution < 1.29 is 0 Å². The van der Waals surface area contributed by atoms with Crippen molar-refractivity contribution in [3.8, 4) is 0 Å². The van der Waals surface area contributed by atoms with E-state index < -0.39 is 14.8 Å². The quantitative estimate of drug-likeness (QED) is 0.394. The molecule has 0 aromatic heterocycles. The Kier molecular flexibility index (Phi) is 9.00. The smallest absolute Gasteiger partial charge is 0.150 e. The first-order valence-electron chi connectivity index (χ1n) is 4.15.